The van der Waals surface area contributed by atoms with E-state index in [2.05, 4.69) is 10.0 Å². The van der Waals surface area contributed by atoms with E-state index >= 15 is 0 Å². The van der Waals surface area contributed by atoms with Crippen molar-refractivity contribution in [1.29, 1.82) is 0 Å². The van der Waals surface area contributed by atoms with Gasteiger partial charge in [0.05, 0.1) is 17.7 Å². The average molecular weight is 417 g/mol. The van der Waals surface area contributed by atoms with Crippen molar-refractivity contribution in [2.24, 2.45) is 0 Å². The van der Waals surface area contributed by atoms with E-state index in [1.54, 1.807) is 25.1 Å². The third-order valence-corrected chi connectivity index (χ3v) is 5.65. The number of amides is 1. The second-order valence-electron chi connectivity index (χ2n) is 5.55. The molecule has 0 bridgehead atoms. The van der Waals surface area contributed by atoms with E-state index < -0.39 is 16.1 Å². The molecule has 0 spiro atoms. The van der Waals surface area contributed by atoms with Gasteiger partial charge in [-0.2, -0.15) is 0 Å². The fraction of sp³-hybridized carbons (Fsp3) is 0.235. The average Bonchev–Trinajstić information content (AvgIpc) is 2.53. The molecule has 140 valence electrons. The summed E-state index contributed by atoms with van der Waals surface area (Å²) >= 11 is 12.0. The Morgan fingerprint density at radius 3 is 2.42 bits per heavy atom. The molecule has 2 N–H and O–H groups in total. The Balaban J connectivity index is 2.33. The zero-order chi connectivity index (χ0) is 19.5. The minimum Gasteiger partial charge on any atom is -0.495 e. The van der Waals surface area contributed by atoms with Crippen LogP contribution in [-0.4, -0.2) is 21.4 Å². The topological polar surface area (TPSA) is 84.5 Å². The maximum Gasteiger partial charge on any atom is 0.241 e. The van der Waals surface area contributed by atoms with E-state index in [0.29, 0.717) is 21.4 Å². The molecule has 2 rings (SSSR count). The lowest BCUT2D eigenvalue weighted by Gasteiger charge is -2.17. The summed E-state index contributed by atoms with van der Waals surface area (Å²) < 4.78 is 33.1. The molecule has 6 nitrogen and oxygen atoms in total. The molecule has 1 atom stereocenters. The van der Waals surface area contributed by atoms with Crippen LogP contribution in [0, 0.1) is 0 Å². The van der Waals surface area contributed by atoms with Crippen LogP contribution in [-0.2, 0) is 14.8 Å². The third kappa shape index (κ3) is 4.88. The zero-order valence-corrected chi connectivity index (χ0v) is 16.7. The van der Waals surface area contributed by atoms with Gasteiger partial charge in [-0.05, 0) is 42.8 Å². The molecule has 0 heterocycles. The first-order chi connectivity index (χ1) is 12.1. The van der Waals surface area contributed by atoms with E-state index in [-0.39, 0.29) is 16.5 Å². The second-order valence-corrected chi connectivity index (χ2v) is 8.11. The number of anilines is 1. The molecule has 0 aliphatic heterocycles. The van der Waals surface area contributed by atoms with Crippen LogP contribution in [0.2, 0.25) is 10.0 Å². The van der Waals surface area contributed by atoms with Gasteiger partial charge in [-0.15, -0.1) is 0 Å². The second kappa shape index (κ2) is 8.26. The predicted octanol–water partition coefficient (Wildman–Crippen LogP) is 4.00. The van der Waals surface area contributed by atoms with Gasteiger partial charge in [0, 0.05) is 23.0 Å². The molecule has 0 aliphatic rings. The Kier molecular flexibility index (Phi) is 6.52. The first kappa shape index (κ1) is 20.5. The van der Waals surface area contributed by atoms with Crippen molar-refractivity contribution in [1.82, 2.24) is 4.72 Å². The largest absolute Gasteiger partial charge is 0.495 e. The first-order valence-electron chi connectivity index (χ1n) is 7.57. The van der Waals surface area contributed by atoms with Crippen molar-refractivity contribution < 1.29 is 17.9 Å². The maximum atomic E-state index is 12.7. The lowest BCUT2D eigenvalue weighted by molar-refractivity contribution is -0.114. The summed E-state index contributed by atoms with van der Waals surface area (Å²) in [6.45, 7) is 2.99. The third-order valence-electron chi connectivity index (χ3n) is 3.55. The normalized spacial score (nSPS) is 12.5. The minimum absolute atomic E-state index is 0.0148. The number of ether oxygens (including phenoxy) is 1. The standard InChI is InChI=1S/C17H18Cl2N2O4S/c1-10(14-6-4-12(18)8-15(14)19)21-26(23,24)13-5-7-17(25-3)16(9-13)20-11(2)22/h4-10,21H,1-3H3,(H,20,22)/t10-/m0/s1. The molecule has 1 amide bonds. The summed E-state index contributed by atoms with van der Waals surface area (Å²) in [5.74, 6) is 0.0139. The Hall–Kier alpha value is -1.80. The van der Waals surface area contributed by atoms with Crippen LogP contribution in [0.3, 0.4) is 0 Å². The van der Waals surface area contributed by atoms with E-state index in [9.17, 15) is 13.2 Å². The molecule has 0 aliphatic carbocycles. The number of halogens is 2. The Morgan fingerprint density at radius 2 is 1.85 bits per heavy atom. The van der Waals surface area contributed by atoms with Crippen molar-refractivity contribution >= 4 is 44.8 Å². The van der Waals surface area contributed by atoms with Gasteiger partial charge < -0.3 is 10.1 Å². The fourth-order valence-corrected chi connectivity index (χ4v) is 4.18. The van der Waals surface area contributed by atoms with Crippen molar-refractivity contribution in [2.45, 2.75) is 24.8 Å². The highest BCUT2D eigenvalue weighted by Gasteiger charge is 2.21. The van der Waals surface area contributed by atoms with Crippen molar-refractivity contribution in [3.8, 4) is 5.75 Å². The molecule has 0 saturated heterocycles. The van der Waals surface area contributed by atoms with Crippen molar-refractivity contribution in [3.05, 3.63) is 52.0 Å². The van der Waals surface area contributed by atoms with Crippen molar-refractivity contribution in [2.75, 3.05) is 12.4 Å². The molecular formula is C17H18Cl2N2O4S. The molecule has 26 heavy (non-hydrogen) atoms. The van der Waals surface area contributed by atoms with E-state index in [1.807, 2.05) is 0 Å². The van der Waals surface area contributed by atoms with E-state index in [0.717, 1.165) is 0 Å². The lowest BCUT2D eigenvalue weighted by Crippen LogP contribution is -2.27. The number of carbonyl (C=O) groups excluding carboxylic acids is 1. The molecule has 2 aromatic rings. The highest BCUT2D eigenvalue weighted by Crippen LogP contribution is 2.30. The molecule has 0 aromatic heterocycles. The van der Waals surface area contributed by atoms with Gasteiger partial charge in [0.1, 0.15) is 5.75 Å². The van der Waals surface area contributed by atoms with Gasteiger partial charge >= 0.3 is 0 Å². The van der Waals surface area contributed by atoms with Gasteiger partial charge in [-0.1, -0.05) is 29.3 Å². The molecule has 0 fully saturated rings. The number of rotatable bonds is 6. The van der Waals surface area contributed by atoms with Gasteiger partial charge in [-0.3, -0.25) is 4.79 Å². The quantitative estimate of drug-likeness (QED) is 0.744. The van der Waals surface area contributed by atoms with Gasteiger partial charge in [0.2, 0.25) is 15.9 Å². The highest BCUT2D eigenvalue weighted by molar-refractivity contribution is 7.89. The molecule has 0 saturated carbocycles. The molecular weight excluding hydrogens is 399 g/mol. The number of carbonyl (C=O) groups is 1. The van der Waals surface area contributed by atoms with Crippen LogP contribution in [0.1, 0.15) is 25.5 Å². The van der Waals surface area contributed by atoms with Crippen LogP contribution in [0.4, 0.5) is 5.69 Å². The molecule has 0 radical (unpaired) electrons. The number of hydrogen-bond acceptors (Lipinski definition) is 4. The summed E-state index contributed by atoms with van der Waals surface area (Å²) in [6, 6.07) is 8.45. The molecule has 0 unspecified atom stereocenters. The summed E-state index contributed by atoms with van der Waals surface area (Å²) in [4.78, 5) is 11.3. The number of nitrogens with one attached hydrogen (secondary N) is 2. The monoisotopic (exact) mass is 416 g/mol. The Bertz CT molecular complexity index is 932. The number of benzene rings is 2. The first-order valence-corrected chi connectivity index (χ1v) is 9.81. The minimum atomic E-state index is -3.87. The van der Waals surface area contributed by atoms with Crippen LogP contribution >= 0.6 is 23.2 Å². The number of methoxy groups -OCH3 is 1. The lowest BCUT2D eigenvalue weighted by atomic mass is 10.1. The van der Waals surface area contributed by atoms with Gasteiger partial charge in [0.25, 0.3) is 0 Å². The summed E-state index contributed by atoms with van der Waals surface area (Å²) in [7, 11) is -2.44. The molecule has 9 heteroatoms. The van der Waals surface area contributed by atoms with Gasteiger partial charge in [0.15, 0.2) is 0 Å². The summed E-state index contributed by atoms with van der Waals surface area (Å²) in [5, 5.41) is 3.37. The zero-order valence-electron chi connectivity index (χ0n) is 14.3. The van der Waals surface area contributed by atoms with Crippen LogP contribution in [0.5, 0.6) is 5.75 Å². The number of hydrogen-bond donors (Lipinski definition) is 2. The Morgan fingerprint density at radius 1 is 1.15 bits per heavy atom. The molecule has 2 aromatic carbocycles. The van der Waals surface area contributed by atoms with Gasteiger partial charge in [-0.25, -0.2) is 13.1 Å². The van der Waals surface area contributed by atoms with Crippen LogP contribution in [0.25, 0.3) is 0 Å². The highest BCUT2D eigenvalue weighted by atomic mass is 35.5. The Labute approximate surface area is 162 Å². The smallest absolute Gasteiger partial charge is 0.241 e. The SMILES string of the molecule is COc1ccc(S(=O)(=O)N[C@@H](C)c2ccc(Cl)cc2Cl)cc1NC(C)=O. The summed E-state index contributed by atoms with van der Waals surface area (Å²) in [6.07, 6.45) is 0. The predicted molar refractivity (Wildman–Crippen MR) is 102 cm³/mol. The van der Waals surface area contributed by atoms with E-state index in [4.69, 9.17) is 27.9 Å². The van der Waals surface area contributed by atoms with Crippen LogP contribution in [0.15, 0.2) is 41.3 Å². The number of sulfonamides is 1. The summed E-state index contributed by atoms with van der Waals surface area (Å²) in [5.41, 5.74) is 0.857. The van der Waals surface area contributed by atoms with E-state index in [1.165, 1.54) is 32.2 Å². The maximum absolute atomic E-state index is 12.7. The van der Waals surface area contributed by atoms with Crippen molar-refractivity contribution in [3.63, 3.8) is 0 Å². The van der Waals surface area contributed by atoms with Crippen LogP contribution < -0.4 is 14.8 Å². The fourth-order valence-electron chi connectivity index (χ4n) is 2.36.